The molecular formula is C34H36F3N7O4S. The minimum Gasteiger partial charge on any atom is -0.344 e. The second-order valence-electron chi connectivity index (χ2n) is 10.5. The summed E-state index contributed by atoms with van der Waals surface area (Å²) in [5, 5.41) is 16.0. The van der Waals surface area contributed by atoms with E-state index in [-0.39, 0.29) is 22.8 Å². The molecule has 0 aliphatic carbocycles. The number of aromatic nitrogens is 4. The van der Waals surface area contributed by atoms with Crippen molar-refractivity contribution in [3.63, 3.8) is 0 Å². The molecule has 2 aromatic carbocycles. The highest BCUT2D eigenvalue weighted by molar-refractivity contribution is 7.98. The third kappa shape index (κ3) is 8.98. The number of hydrogen-bond donors (Lipinski definition) is 1. The molecule has 0 bridgehead atoms. The van der Waals surface area contributed by atoms with Crippen molar-refractivity contribution >= 4 is 24.0 Å². The lowest BCUT2D eigenvalue weighted by Crippen LogP contribution is -2.48. The molecular weight excluding hydrogens is 659 g/mol. The van der Waals surface area contributed by atoms with Gasteiger partial charge in [-0.2, -0.15) is 23.5 Å². The Morgan fingerprint density at radius 1 is 1.18 bits per heavy atom. The molecule has 4 rings (SSSR count). The van der Waals surface area contributed by atoms with Crippen LogP contribution in [0.5, 0.6) is 0 Å². The van der Waals surface area contributed by atoms with E-state index < -0.39 is 35.4 Å². The monoisotopic (exact) mass is 695 g/mol. The van der Waals surface area contributed by atoms with Gasteiger partial charge in [0.05, 0.1) is 53.3 Å². The molecule has 1 N–H and O–H groups in total. The maximum atomic E-state index is 13.8. The first-order valence-electron chi connectivity index (χ1n) is 14.8. The van der Waals surface area contributed by atoms with E-state index in [4.69, 9.17) is 9.44 Å². The van der Waals surface area contributed by atoms with E-state index in [0.717, 1.165) is 26.2 Å². The van der Waals surface area contributed by atoms with Crippen LogP contribution < -0.4 is 11.0 Å². The zero-order chi connectivity index (χ0) is 36.5. The Balaban J connectivity index is 0.000000723. The molecule has 0 aliphatic heterocycles. The number of likely N-dealkylation sites (N-methyl/N-ethyl adjacent to an activating group) is 1. The zero-order valence-electron chi connectivity index (χ0n) is 27.8. The molecule has 2 aromatic heterocycles. The van der Waals surface area contributed by atoms with Crippen LogP contribution >= 0.6 is 12.0 Å². The average Bonchev–Trinajstić information content (AvgIpc) is 3.65. The van der Waals surface area contributed by atoms with Crippen molar-refractivity contribution in [2.24, 2.45) is 0 Å². The van der Waals surface area contributed by atoms with E-state index in [1.807, 2.05) is 19.1 Å². The predicted molar refractivity (Wildman–Crippen MR) is 182 cm³/mol. The first-order valence-corrected chi connectivity index (χ1v) is 15.6. The molecule has 49 heavy (non-hydrogen) atoms. The molecule has 0 radical (unpaired) electrons. The maximum Gasteiger partial charge on any atom is 0.416 e. The molecule has 0 saturated carbocycles. The molecule has 2 amide bonds. The van der Waals surface area contributed by atoms with E-state index in [0.29, 0.717) is 17.8 Å². The van der Waals surface area contributed by atoms with Gasteiger partial charge in [0.25, 0.3) is 0 Å². The first kappa shape index (κ1) is 38.1. The number of halogens is 3. The summed E-state index contributed by atoms with van der Waals surface area (Å²) in [7, 11) is 3.21. The van der Waals surface area contributed by atoms with Crippen LogP contribution in [0.15, 0.2) is 89.2 Å². The lowest BCUT2D eigenvalue weighted by molar-refractivity contribution is -0.137. The SMILES string of the molecule is C=C/C=C(\C)SOC.CCN(C)C(=O)[C@H](C)NC(=O)n1c(-c2ccnn2-c2ccc(C#N)cc2)c(C)n(-c2cccc(C(F)(F)F)c2)c1=O. The summed E-state index contributed by atoms with van der Waals surface area (Å²) in [6.45, 7) is 10.6. The Morgan fingerprint density at radius 3 is 2.43 bits per heavy atom. The highest BCUT2D eigenvalue weighted by Crippen LogP contribution is 2.32. The minimum atomic E-state index is -4.66. The minimum absolute atomic E-state index is 0.0512. The Hall–Kier alpha value is -5.33. The molecule has 0 unspecified atom stereocenters. The van der Waals surface area contributed by atoms with E-state index in [2.05, 4.69) is 17.0 Å². The highest BCUT2D eigenvalue weighted by Gasteiger charge is 2.32. The van der Waals surface area contributed by atoms with Crippen molar-refractivity contribution in [1.82, 2.24) is 29.1 Å². The number of imidazole rings is 1. The summed E-state index contributed by atoms with van der Waals surface area (Å²) in [4.78, 5) is 42.5. The third-order valence-corrected chi connectivity index (χ3v) is 7.74. The molecule has 4 aromatic rings. The van der Waals surface area contributed by atoms with Gasteiger partial charge >= 0.3 is 17.9 Å². The number of nitrogens with one attached hydrogen (secondary N) is 1. The van der Waals surface area contributed by atoms with E-state index in [9.17, 15) is 27.6 Å². The molecule has 0 aliphatic rings. The third-order valence-electron chi connectivity index (χ3n) is 7.17. The first-order chi connectivity index (χ1) is 23.2. The predicted octanol–water partition coefficient (Wildman–Crippen LogP) is 6.49. The number of alkyl halides is 3. The summed E-state index contributed by atoms with van der Waals surface area (Å²) in [6.07, 6.45) is 0.408. The number of rotatable bonds is 9. The lowest BCUT2D eigenvalue weighted by atomic mass is 10.2. The summed E-state index contributed by atoms with van der Waals surface area (Å²) in [5.41, 5.74) is -0.622. The molecule has 258 valence electrons. The maximum absolute atomic E-state index is 13.8. The van der Waals surface area contributed by atoms with Crippen molar-refractivity contribution < 1.29 is 26.9 Å². The number of nitrogens with zero attached hydrogens (tertiary/aromatic N) is 6. The largest absolute Gasteiger partial charge is 0.416 e. The van der Waals surface area contributed by atoms with Gasteiger partial charge in [-0.3, -0.25) is 9.36 Å². The average molecular weight is 696 g/mol. The number of benzene rings is 2. The normalized spacial score (nSPS) is 12.0. The Morgan fingerprint density at radius 2 is 1.86 bits per heavy atom. The van der Waals surface area contributed by atoms with Crippen LogP contribution in [-0.2, 0) is 15.2 Å². The van der Waals surface area contributed by atoms with Gasteiger partial charge in [0.15, 0.2) is 0 Å². The van der Waals surface area contributed by atoms with Gasteiger partial charge in [-0.1, -0.05) is 24.8 Å². The number of carbonyl (C=O) groups is 2. The zero-order valence-corrected chi connectivity index (χ0v) is 28.6. The highest BCUT2D eigenvalue weighted by atomic mass is 32.2. The van der Waals surface area contributed by atoms with Crippen molar-refractivity contribution in [2.75, 3.05) is 20.7 Å². The Bertz CT molecular complexity index is 1940. The molecule has 0 fully saturated rings. The summed E-state index contributed by atoms with van der Waals surface area (Å²) >= 11 is 1.35. The van der Waals surface area contributed by atoms with Crippen LogP contribution in [0.4, 0.5) is 18.0 Å². The fraction of sp³-hybridized carbons (Fsp3) is 0.265. The molecule has 2 heterocycles. The van der Waals surface area contributed by atoms with Crippen LogP contribution in [0, 0.1) is 18.3 Å². The van der Waals surface area contributed by atoms with Gasteiger partial charge in [-0.15, -0.1) is 0 Å². The fourth-order valence-electron chi connectivity index (χ4n) is 4.71. The van der Waals surface area contributed by atoms with E-state index in [1.165, 1.54) is 53.8 Å². The number of amides is 2. The van der Waals surface area contributed by atoms with Crippen molar-refractivity contribution in [3.8, 4) is 28.8 Å². The van der Waals surface area contributed by atoms with Crippen LogP contribution in [0.2, 0.25) is 0 Å². The standard InChI is InChI=1S/C28H26F3N7O3.C6H10OS/c1-5-35(4)25(39)17(2)34-26(40)37-24(23-13-14-33-38(23)21-11-9-19(16-32)10-12-21)18(3)36(27(37)41)22-8-6-7-20(15-22)28(29,30)31;1-4-5-6(2)8-7-3/h6-15,17H,5H2,1-4H3,(H,34,40);4-5H,1H2,2-3H3/b;6-5+/t17-;/m0./s1. The van der Waals surface area contributed by atoms with Gasteiger partial charge in [-0.05, 0) is 76.2 Å². The van der Waals surface area contributed by atoms with Crippen LogP contribution in [0.1, 0.15) is 37.6 Å². The molecule has 1 atom stereocenters. The smallest absolute Gasteiger partial charge is 0.344 e. The summed E-state index contributed by atoms with van der Waals surface area (Å²) in [5.74, 6) is -0.396. The van der Waals surface area contributed by atoms with Gasteiger partial charge in [0.2, 0.25) is 5.91 Å². The van der Waals surface area contributed by atoms with Gasteiger partial charge < -0.3 is 14.4 Å². The topological polar surface area (TPSA) is 127 Å². The van der Waals surface area contributed by atoms with E-state index >= 15 is 0 Å². The van der Waals surface area contributed by atoms with E-state index in [1.54, 1.807) is 57.5 Å². The van der Waals surface area contributed by atoms with Gasteiger partial charge in [0.1, 0.15) is 11.7 Å². The quantitative estimate of drug-likeness (QED) is 0.157. The van der Waals surface area contributed by atoms with Gasteiger partial charge in [-0.25, -0.2) is 18.8 Å². The second kappa shape index (κ2) is 16.7. The Labute approximate surface area is 286 Å². The van der Waals surface area contributed by atoms with Gasteiger partial charge in [0, 0.05) is 30.5 Å². The van der Waals surface area contributed by atoms with Crippen molar-refractivity contribution in [2.45, 2.75) is 39.9 Å². The number of carbonyl (C=O) groups excluding carboxylic acids is 2. The summed E-state index contributed by atoms with van der Waals surface area (Å²) < 4.78 is 48.5. The summed E-state index contributed by atoms with van der Waals surface area (Å²) in [6, 6.07) is 12.2. The lowest BCUT2D eigenvalue weighted by Gasteiger charge is -2.20. The number of nitriles is 1. The van der Waals surface area contributed by atoms with Crippen molar-refractivity contribution in [1.29, 1.82) is 5.26 Å². The fourth-order valence-corrected chi connectivity index (χ4v) is 5.12. The second-order valence-corrected chi connectivity index (χ2v) is 11.7. The Kier molecular flexibility index (Phi) is 13.0. The van der Waals surface area contributed by atoms with Crippen molar-refractivity contribution in [3.05, 3.63) is 112 Å². The number of hydrogen-bond acceptors (Lipinski definition) is 7. The molecule has 0 saturated heterocycles. The molecule has 0 spiro atoms. The molecule has 15 heteroatoms. The molecule has 11 nitrogen and oxygen atoms in total. The number of allylic oxidation sites excluding steroid dienone is 3. The van der Waals surface area contributed by atoms with Crippen LogP contribution in [-0.4, -0.2) is 62.5 Å². The van der Waals surface area contributed by atoms with Crippen LogP contribution in [0.25, 0.3) is 22.8 Å². The van der Waals surface area contributed by atoms with Crippen LogP contribution in [0.3, 0.4) is 0 Å².